The molecule has 1 aromatic rings. The normalized spacial score (nSPS) is 21.2. The quantitative estimate of drug-likeness (QED) is 0.438. The zero-order valence-corrected chi connectivity index (χ0v) is 13.9. The van der Waals surface area contributed by atoms with E-state index < -0.39 is 0 Å². The lowest BCUT2D eigenvalue weighted by atomic mass is 9.88. The molecule has 0 fully saturated rings. The lowest BCUT2D eigenvalue weighted by Gasteiger charge is -2.40. The first-order valence-corrected chi connectivity index (χ1v) is 8.08. The summed E-state index contributed by atoms with van der Waals surface area (Å²) in [4.78, 5) is 13.9. The van der Waals surface area contributed by atoms with Crippen LogP contribution in [0.3, 0.4) is 0 Å². The maximum Gasteiger partial charge on any atom is 0.137 e. The molecule has 0 radical (unpaired) electrons. The van der Waals surface area contributed by atoms with Gasteiger partial charge in [-0.25, -0.2) is 0 Å². The van der Waals surface area contributed by atoms with Crippen molar-refractivity contribution in [2.75, 3.05) is 20.3 Å². The van der Waals surface area contributed by atoms with Crippen molar-refractivity contribution in [3.8, 4) is 0 Å². The van der Waals surface area contributed by atoms with Gasteiger partial charge in [-0.2, -0.15) is 0 Å². The van der Waals surface area contributed by atoms with Gasteiger partial charge < -0.3 is 9.53 Å². The number of allylic oxidation sites excluding steroid dienone is 2. The van der Waals surface area contributed by atoms with Crippen molar-refractivity contribution in [2.45, 2.75) is 45.2 Å². The zero-order valence-electron chi connectivity index (χ0n) is 13.9. The monoisotopic (exact) mass is 301 g/mol. The Bertz CT molecular complexity index is 520. The molecule has 2 atom stereocenters. The van der Waals surface area contributed by atoms with Gasteiger partial charge in [-0.15, -0.1) is 0 Å². The molecule has 1 aliphatic rings. The van der Waals surface area contributed by atoms with Crippen LogP contribution in [0.1, 0.15) is 43.9 Å². The summed E-state index contributed by atoms with van der Waals surface area (Å²) in [5.74, 6) is 0. The average molecular weight is 301 g/mol. The highest BCUT2D eigenvalue weighted by Gasteiger charge is 2.33. The Kier molecular flexibility index (Phi) is 6.34. The van der Waals surface area contributed by atoms with Crippen LogP contribution in [0.2, 0.25) is 0 Å². The first kappa shape index (κ1) is 16.9. The third-order valence-electron chi connectivity index (χ3n) is 4.32. The summed E-state index contributed by atoms with van der Waals surface area (Å²) in [5, 5.41) is 0. The highest BCUT2D eigenvalue weighted by atomic mass is 16.5. The van der Waals surface area contributed by atoms with Crippen LogP contribution < -0.4 is 0 Å². The van der Waals surface area contributed by atoms with Crippen LogP contribution in [-0.2, 0) is 16.0 Å². The summed E-state index contributed by atoms with van der Waals surface area (Å²) in [6.45, 7) is 5.80. The predicted octanol–water partition coefficient (Wildman–Crippen LogP) is 3.55. The number of methoxy groups -OCH3 is 1. The average Bonchev–Trinajstić information content (AvgIpc) is 2.52. The summed E-state index contributed by atoms with van der Waals surface area (Å²) < 4.78 is 5.44. The van der Waals surface area contributed by atoms with E-state index in [1.165, 1.54) is 16.7 Å². The van der Waals surface area contributed by atoms with Gasteiger partial charge >= 0.3 is 0 Å². The number of nitrogens with zero attached hydrogens (tertiary/aromatic N) is 1. The largest absolute Gasteiger partial charge is 0.383 e. The fourth-order valence-corrected chi connectivity index (χ4v) is 3.25. The molecule has 1 aliphatic heterocycles. The number of rotatable bonds is 7. The topological polar surface area (TPSA) is 29.5 Å². The van der Waals surface area contributed by atoms with Gasteiger partial charge in [-0.05, 0) is 50.8 Å². The second-order valence-corrected chi connectivity index (χ2v) is 6.24. The second-order valence-electron chi connectivity index (χ2n) is 6.24. The van der Waals surface area contributed by atoms with E-state index in [1.54, 1.807) is 7.11 Å². The minimum Gasteiger partial charge on any atom is -0.383 e. The number of hydrogen-bond donors (Lipinski definition) is 0. The molecule has 0 unspecified atom stereocenters. The maximum atomic E-state index is 11.6. The molecule has 0 aromatic heterocycles. The molecule has 2 rings (SSSR count). The molecule has 1 heterocycles. The van der Waals surface area contributed by atoms with E-state index >= 15 is 0 Å². The van der Waals surface area contributed by atoms with Crippen molar-refractivity contribution >= 4 is 6.29 Å². The lowest BCUT2D eigenvalue weighted by Crippen LogP contribution is -2.46. The molecule has 3 heteroatoms. The van der Waals surface area contributed by atoms with Gasteiger partial charge in [0.1, 0.15) is 6.29 Å². The number of benzene rings is 1. The Morgan fingerprint density at radius 1 is 1.36 bits per heavy atom. The van der Waals surface area contributed by atoms with E-state index in [2.05, 4.69) is 49.1 Å². The fraction of sp³-hybridized carbons (Fsp3) is 0.526. The molecule has 1 aromatic carbocycles. The van der Waals surface area contributed by atoms with Crippen molar-refractivity contribution in [2.24, 2.45) is 0 Å². The lowest BCUT2D eigenvalue weighted by molar-refractivity contribution is -0.114. The van der Waals surface area contributed by atoms with Crippen molar-refractivity contribution in [1.82, 2.24) is 4.90 Å². The molecular weight excluding hydrogens is 274 g/mol. The Morgan fingerprint density at radius 3 is 2.82 bits per heavy atom. The number of carbonyl (C=O) groups is 1. The molecular formula is C19H27NO2. The van der Waals surface area contributed by atoms with Crippen molar-refractivity contribution in [1.29, 1.82) is 0 Å². The highest BCUT2D eigenvalue weighted by molar-refractivity contribution is 5.60. The van der Waals surface area contributed by atoms with Crippen LogP contribution in [0.5, 0.6) is 0 Å². The summed E-state index contributed by atoms with van der Waals surface area (Å²) in [6.07, 6.45) is 6.30. The number of hydrogen-bond acceptors (Lipinski definition) is 3. The number of unbranched alkanes of at least 4 members (excludes halogenated alkanes) is 1. The summed E-state index contributed by atoms with van der Waals surface area (Å²) in [6, 6.07) is 8.57. The smallest absolute Gasteiger partial charge is 0.137 e. The number of carbonyl (C=O) groups excluding carboxylic acids is 1. The molecule has 120 valence electrons. The van der Waals surface area contributed by atoms with Gasteiger partial charge in [-0.3, -0.25) is 4.90 Å². The molecule has 0 N–H and O–H groups in total. The van der Waals surface area contributed by atoms with Crippen LogP contribution in [0.25, 0.3) is 0 Å². The van der Waals surface area contributed by atoms with Crippen molar-refractivity contribution in [3.05, 3.63) is 47.0 Å². The first-order chi connectivity index (χ1) is 10.7. The molecule has 0 aliphatic carbocycles. The van der Waals surface area contributed by atoms with Crippen molar-refractivity contribution < 1.29 is 9.53 Å². The second kappa shape index (κ2) is 8.25. The third kappa shape index (κ3) is 4.05. The van der Waals surface area contributed by atoms with E-state index in [0.717, 1.165) is 32.1 Å². The van der Waals surface area contributed by atoms with Gasteiger partial charge in [0.05, 0.1) is 18.7 Å². The fourth-order valence-electron chi connectivity index (χ4n) is 3.25. The van der Waals surface area contributed by atoms with Crippen LogP contribution in [0, 0.1) is 0 Å². The number of aldehydes is 1. The number of fused-ring (bicyclic) bond motifs is 1. The van der Waals surface area contributed by atoms with E-state index in [4.69, 9.17) is 4.74 Å². The molecule has 0 saturated carbocycles. The molecule has 0 saturated heterocycles. The van der Waals surface area contributed by atoms with Gasteiger partial charge in [0.25, 0.3) is 0 Å². The summed E-state index contributed by atoms with van der Waals surface area (Å²) in [5.41, 5.74) is 3.94. The molecule has 0 amide bonds. The maximum absolute atomic E-state index is 11.6. The van der Waals surface area contributed by atoms with Gasteiger partial charge in [0, 0.05) is 7.11 Å². The Hall–Kier alpha value is -1.45. The first-order valence-electron chi connectivity index (χ1n) is 8.08. The van der Waals surface area contributed by atoms with Crippen LogP contribution >= 0.6 is 0 Å². The van der Waals surface area contributed by atoms with E-state index in [9.17, 15) is 4.79 Å². The minimum atomic E-state index is -0.0400. The summed E-state index contributed by atoms with van der Waals surface area (Å²) in [7, 11) is 1.73. The Morgan fingerprint density at radius 2 is 2.14 bits per heavy atom. The van der Waals surface area contributed by atoms with E-state index in [1.807, 2.05) is 0 Å². The molecule has 3 nitrogen and oxygen atoms in total. The van der Waals surface area contributed by atoms with Gasteiger partial charge in [0.15, 0.2) is 0 Å². The Labute approximate surface area is 134 Å². The molecule has 22 heavy (non-hydrogen) atoms. The predicted molar refractivity (Wildman–Crippen MR) is 90.0 cm³/mol. The molecule has 0 spiro atoms. The van der Waals surface area contributed by atoms with Crippen LogP contribution in [-0.4, -0.2) is 37.5 Å². The van der Waals surface area contributed by atoms with E-state index in [0.29, 0.717) is 6.61 Å². The number of ether oxygens (including phenoxy) is 1. The minimum absolute atomic E-state index is 0.0400. The Balaban J connectivity index is 2.16. The molecule has 0 bridgehead atoms. The van der Waals surface area contributed by atoms with Crippen molar-refractivity contribution in [3.63, 3.8) is 0 Å². The van der Waals surface area contributed by atoms with Crippen LogP contribution in [0.4, 0.5) is 0 Å². The zero-order chi connectivity index (χ0) is 15.9. The van der Waals surface area contributed by atoms with Gasteiger partial charge in [-0.1, -0.05) is 35.9 Å². The van der Waals surface area contributed by atoms with Crippen LogP contribution in [0.15, 0.2) is 35.9 Å². The highest BCUT2D eigenvalue weighted by Crippen LogP contribution is 2.33. The van der Waals surface area contributed by atoms with E-state index in [-0.39, 0.29) is 12.1 Å². The standard InChI is InChI=1S/C19H27NO2/c1-15(2)8-6-7-11-20-17(13-21)12-16-9-4-5-10-18(16)19(20)14-22-3/h4-5,8-10,13,17,19H,6-7,11-12,14H2,1-3H3/t17-,19+/m0/s1. The van der Waals surface area contributed by atoms with Gasteiger partial charge in [0.2, 0.25) is 0 Å². The summed E-state index contributed by atoms with van der Waals surface area (Å²) >= 11 is 0. The SMILES string of the molecule is COC[C@@H]1c2ccccc2C[C@@H](C=O)N1CCCC=C(C)C. The third-order valence-corrected chi connectivity index (χ3v) is 4.32.